The molecule has 0 aliphatic carbocycles. The summed E-state index contributed by atoms with van der Waals surface area (Å²) in [4.78, 5) is 16.2. The van der Waals surface area contributed by atoms with Crippen molar-refractivity contribution in [2.45, 2.75) is 17.7 Å². The van der Waals surface area contributed by atoms with Crippen LogP contribution in [-0.4, -0.2) is 61.2 Å². The number of aromatic nitrogens is 3. The van der Waals surface area contributed by atoms with Crippen molar-refractivity contribution in [1.29, 1.82) is 0 Å². The van der Waals surface area contributed by atoms with E-state index >= 15 is 0 Å². The Kier molecular flexibility index (Phi) is 6.09. The number of methoxy groups -OCH3 is 3. The van der Waals surface area contributed by atoms with E-state index in [1.165, 1.54) is 11.8 Å². The van der Waals surface area contributed by atoms with E-state index in [9.17, 15) is 0 Å². The quantitative estimate of drug-likeness (QED) is 0.362. The highest BCUT2D eigenvalue weighted by molar-refractivity contribution is 7.98. The first-order valence-corrected chi connectivity index (χ1v) is 11.4. The summed E-state index contributed by atoms with van der Waals surface area (Å²) in [5.41, 5.74) is 1.66. The third-order valence-electron chi connectivity index (χ3n) is 5.38. The number of pyridine rings is 1. The molecule has 1 aromatic carbocycles. The second kappa shape index (κ2) is 8.50. The molecule has 0 saturated carbocycles. The lowest BCUT2D eigenvalue weighted by atomic mass is 9.96. The van der Waals surface area contributed by atoms with Crippen LogP contribution in [0.25, 0.3) is 22.2 Å². The van der Waals surface area contributed by atoms with Crippen LogP contribution in [0.1, 0.15) is 6.92 Å². The molecule has 1 saturated heterocycles. The van der Waals surface area contributed by atoms with Crippen LogP contribution in [0.3, 0.4) is 0 Å². The average Bonchev–Trinajstić information content (AvgIpc) is 2.76. The minimum Gasteiger partial charge on any atom is -0.495 e. The number of nitrogens with zero attached hydrogens (tertiary/aromatic N) is 4. The predicted molar refractivity (Wildman–Crippen MR) is 125 cm³/mol. The summed E-state index contributed by atoms with van der Waals surface area (Å²) in [6, 6.07) is 3.54. The van der Waals surface area contributed by atoms with Gasteiger partial charge in [-0.2, -0.15) is 0 Å². The predicted octanol–water partition coefficient (Wildman–Crippen LogP) is 4.96. The Morgan fingerprint density at radius 1 is 1.03 bits per heavy atom. The van der Waals surface area contributed by atoms with Crippen molar-refractivity contribution in [2.24, 2.45) is 0 Å². The van der Waals surface area contributed by atoms with Crippen molar-refractivity contribution in [1.82, 2.24) is 15.0 Å². The van der Waals surface area contributed by atoms with Gasteiger partial charge in [0.2, 0.25) is 0 Å². The van der Waals surface area contributed by atoms with Crippen molar-refractivity contribution in [3.8, 4) is 22.8 Å². The molecule has 1 fully saturated rings. The number of fused-ring (bicyclic) bond motifs is 1. The smallest absolute Gasteiger partial charge is 0.187 e. The first-order valence-electron chi connectivity index (χ1n) is 9.46. The van der Waals surface area contributed by atoms with Crippen LogP contribution < -0.4 is 14.4 Å². The van der Waals surface area contributed by atoms with Gasteiger partial charge >= 0.3 is 0 Å². The van der Waals surface area contributed by atoms with Crippen molar-refractivity contribution in [2.75, 3.05) is 45.6 Å². The van der Waals surface area contributed by atoms with E-state index in [0.717, 1.165) is 16.7 Å². The minimum atomic E-state index is -0.228. The van der Waals surface area contributed by atoms with Crippen LogP contribution in [-0.2, 0) is 4.74 Å². The van der Waals surface area contributed by atoms with Crippen LogP contribution in [0.15, 0.2) is 23.5 Å². The molecule has 7 nitrogen and oxygen atoms in total. The van der Waals surface area contributed by atoms with Gasteiger partial charge in [0.05, 0.1) is 48.6 Å². The zero-order chi connectivity index (χ0) is 22.3. The van der Waals surface area contributed by atoms with Crippen LogP contribution in [0, 0.1) is 0 Å². The molecule has 0 amide bonds. The highest BCUT2D eigenvalue weighted by atomic mass is 35.5. The fraction of sp³-hybridized carbons (Fsp3) is 0.381. The van der Waals surface area contributed by atoms with Gasteiger partial charge in [-0.05, 0) is 19.2 Å². The molecule has 4 rings (SSSR count). The SMILES string of the molecule is COc1cc(OC)c(Cl)c(-c2cc3cnc(SC)nc3c(N3CC(C)(OC)C3)n2)c1Cl. The summed E-state index contributed by atoms with van der Waals surface area (Å²) in [5.74, 6) is 1.63. The van der Waals surface area contributed by atoms with Crippen molar-refractivity contribution >= 4 is 51.7 Å². The molecule has 1 aliphatic heterocycles. The van der Waals surface area contributed by atoms with E-state index < -0.39 is 0 Å². The molecule has 10 heteroatoms. The molecule has 2 aromatic heterocycles. The van der Waals surface area contributed by atoms with Gasteiger partial charge in [-0.25, -0.2) is 15.0 Å². The van der Waals surface area contributed by atoms with E-state index in [1.807, 2.05) is 12.3 Å². The van der Waals surface area contributed by atoms with E-state index in [-0.39, 0.29) is 5.60 Å². The Morgan fingerprint density at radius 2 is 1.68 bits per heavy atom. The largest absolute Gasteiger partial charge is 0.495 e. The van der Waals surface area contributed by atoms with Gasteiger partial charge in [0.15, 0.2) is 11.0 Å². The van der Waals surface area contributed by atoms with Crippen molar-refractivity contribution < 1.29 is 14.2 Å². The Hall–Kier alpha value is -2.00. The molecule has 3 heterocycles. The van der Waals surface area contributed by atoms with Gasteiger partial charge in [-0.1, -0.05) is 35.0 Å². The molecule has 0 radical (unpaired) electrons. The second-order valence-corrected chi connectivity index (χ2v) is 8.95. The lowest BCUT2D eigenvalue weighted by molar-refractivity contribution is -0.0170. The lowest BCUT2D eigenvalue weighted by Crippen LogP contribution is -2.61. The van der Waals surface area contributed by atoms with Crippen LogP contribution >= 0.6 is 35.0 Å². The molecule has 0 bridgehead atoms. The Morgan fingerprint density at radius 3 is 2.23 bits per heavy atom. The van der Waals surface area contributed by atoms with E-state index in [4.69, 9.17) is 47.4 Å². The second-order valence-electron chi connectivity index (χ2n) is 7.42. The summed E-state index contributed by atoms with van der Waals surface area (Å²) < 4.78 is 16.5. The first kappa shape index (κ1) is 22.2. The average molecular weight is 481 g/mol. The number of ether oxygens (including phenoxy) is 3. The monoisotopic (exact) mass is 480 g/mol. The Balaban J connectivity index is 1.95. The summed E-state index contributed by atoms with van der Waals surface area (Å²) in [7, 11) is 4.80. The number of hydrogen-bond donors (Lipinski definition) is 0. The maximum atomic E-state index is 6.65. The van der Waals surface area contributed by atoms with Gasteiger partial charge in [0, 0.05) is 30.3 Å². The van der Waals surface area contributed by atoms with Gasteiger partial charge in [-0.3, -0.25) is 0 Å². The number of halogens is 2. The van der Waals surface area contributed by atoms with Crippen LogP contribution in [0.4, 0.5) is 5.82 Å². The summed E-state index contributed by atoms with van der Waals surface area (Å²) in [6.07, 6.45) is 3.73. The number of hydrogen-bond acceptors (Lipinski definition) is 8. The van der Waals surface area contributed by atoms with Gasteiger partial charge < -0.3 is 19.1 Å². The summed E-state index contributed by atoms with van der Waals surface area (Å²) >= 11 is 14.8. The van der Waals surface area contributed by atoms with E-state index in [2.05, 4.69) is 16.8 Å². The Bertz CT molecular complexity index is 1130. The van der Waals surface area contributed by atoms with Gasteiger partial charge in [-0.15, -0.1) is 0 Å². The topological polar surface area (TPSA) is 69.6 Å². The molecule has 3 aromatic rings. The van der Waals surface area contributed by atoms with Gasteiger partial charge in [0.25, 0.3) is 0 Å². The zero-order valence-electron chi connectivity index (χ0n) is 17.8. The normalized spacial score (nSPS) is 15.1. The third-order valence-corrected chi connectivity index (χ3v) is 6.69. The van der Waals surface area contributed by atoms with Crippen LogP contribution in [0.5, 0.6) is 11.5 Å². The fourth-order valence-electron chi connectivity index (χ4n) is 3.60. The molecule has 0 unspecified atom stereocenters. The molecule has 0 N–H and O–H groups in total. The minimum absolute atomic E-state index is 0.228. The molecular weight excluding hydrogens is 459 g/mol. The number of benzene rings is 1. The maximum absolute atomic E-state index is 6.65. The Labute approximate surface area is 195 Å². The lowest BCUT2D eigenvalue weighted by Gasteiger charge is -2.47. The molecular formula is C21H22Cl2N4O3S. The molecule has 0 atom stereocenters. The molecule has 0 spiro atoms. The third kappa shape index (κ3) is 3.86. The molecule has 31 heavy (non-hydrogen) atoms. The number of thioether (sulfide) groups is 1. The summed E-state index contributed by atoms with van der Waals surface area (Å²) in [5, 5.41) is 2.23. The highest BCUT2D eigenvalue weighted by Crippen LogP contribution is 2.46. The van der Waals surface area contributed by atoms with E-state index in [1.54, 1.807) is 33.6 Å². The molecule has 164 valence electrons. The van der Waals surface area contributed by atoms with Crippen molar-refractivity contribution in [3.05, 3.63) is 28.4 Å². The van der Waals surface area contributed by atoms with Crippen LogP contribution in [0.2, 0.25) is 10.0 Å². The highest BCUT2D eigenvalue weighted by Gasteiger charge is 2.40. The van der Waals surface area contributed by atoms with Crippen molar-refractivity contribution in [3.63, 3.8) is 0 Å². The number of anilines is 1. The van der Waals surface area contributed by atoms with E-state index in [0.29, 0.717) is 51.0 Å². The molecule has 1 aliphatic rings. The zero-order valence-corrected chi connectivity index (χ0v) is 20.2. The standard InChI is InChI=1S/C21H22Cl2N4O3S/c1-21(30-4)9-27(10-21)19-18-11(8-24-20(26-18)31-5)6-12(25-19)15-16(22)13(28-2)7-14(29-3)17(15)23/h6-8H,9-10H2,1-5H3. The first-order chi connectivity index (χ1) is 14.8. The number of rotatable bonds is 6. The van der Waals surface area contributed by atoms with Gasteiger partial charge in [0.1, 0.15) is 17.0 Å². The fourth-order valence-corrected chi connectivity index (χ4v) is 4.64. The summed E-state index contributed by atoms with van der Waals surface area (Å²) in [6.45, 7) is 3.45. The maximum Gasteiger partial charge on any atom is 0.187 e.